The summed E-state index contributed by atoms with van der Waals surface area (Å²) in [5.74, 6) is 0.552. The fraction of sp³-hybridized carbons (Fsp3) is 0.700. The number of aryl methyl sites for hydroxylation is 1. The van der Waals surface area contributed by atoms with Gasteiger partial charge in [-0.05, 0) is 19.3 Å². The van der Waals surface area contributed by atoms with Gasteiger partial charge < -0.3 is 5.73 Å². The van der Waals surface area contributed by atoms with Crippen molar-refractivity contribution in [1.29, 1.82) is 0 Å². The van der Waals surface area contributed by atoms with Crippen molar-refractivity contribution in [2.24, 2.45) is 0 Å². The largest absolute Gasteiger partial charge is 0.389 e. The van der Waals surface area contributed by atoms with Crippen LogP contribution in [-0.4, -0.2) is 4.98 Å². The van der Waals surface area contributed by atoms with E-state index in [1.807, 2.05) is 0 Å². The third-order valence-corrected chi connectivity index (χ3v) is 3.44. The van der Waals surface area contributed by atoms with Crippen molar-refractivity contribution in [2.45, 2.75) is 46.0 Å². The first-order valence-corrected chi connectivity index (χ1v) is 5.79. The zero-order chi connectivity index (χ0) is 9.84. The van der Waals surface area contributed by atoms with E-state index in [-0.39, 0.29) is 0 Å². The number of anilines is 1. The predicted octanol–water partition coefficient (Wildman–Crippen LogP) is 3.19. The van der Waals surface area contributed by atoms with E-state index in [9.17, 15) is 0 Å². The molecule has 3 heteroatoms. The van der Waals surface area contributed by atoms with E-state index in [4.69, 9.17) is 5.73 Å². The number of aromatic nitrogens is 1. The lowest BCUT2D eigenvalue weighted by molar-refractivity contribution is 0.627. The molecule has 0 unspecified atom stereocenters. The molecular formula is C10H18N2S. The molecule has 13 heavy (non-hydrogen) atoms. The second-order valence-electron chi connectivity index (χ2n) is 3.22. The van der Waals surface area contributed by atoms with Crippen LogP contribution in [0.5, 0.6) is 0 Å². The third-order valence-electron chi connectivity index (χ3n) is 2.40. The molecule has 1 heterocycles. The normalized spacial score (nSPS) is 11.1. The van der Waals surface area contributed by atoms with Gasteiger partial charge in [-0.1, -0.05) is 20.8 Å². The van der Waals surface area contributed by atoms with E-state index in [0.29, 0.717) is 5.92 Å². The van der Waals surface area contributed by atoms with Gasteiger partial charge in [-0.25, -0.2) is 4.98 Å². The molecule has 2 nitrogen and oxygen atoms in total. The summed E-state index contributed by atoms with van der Waals surface area (Å²) in [5.41, 5.74) is 7.06. The molecule has 0 radical (unpaired) electrons. The molecule has 0 atom stereocenters. The van der Waals surface area contributed by atoms with E-state index in [1.165, 1.54) is 5.01 Å². The zero-order valence-electron chi connectivity index (χ0n) is 8.63. The maximum absolute atomic E-state index is 5.92. The average Bonchev–Trinajstić information content (AvgIpc) is 2.50. The zero-order valence-corrected chi connectivity index (χ0v) is 9.45. The van der Waals surface area contributed by atoms with Crippen LogP contribution in [0.4, 0.5) is 5.00 Å². The predicted molar refractivity (Wildman–Crippen MR) is 59.2 cm³/mol. The summed E-state index contributed by atoms with van der Waals surface area (Å²) in [6.45, 7) is 6.51. The summed E-state index contributed by atoms with van der Waals surface area (Å²) in [6.07, 6.45) is 3.26. The van der Waals surface area contributed by atoms with Crippen molar-refractivity contribution in [3.05, 3.63) is 10.7 Å². The molecule has 0 aromatic carbocycles. The molecule has 0 saturated carbocycles. The molecule has 0 saturated heterocycles. The fourth-order valence-electron chi connectivity index (χ4n) is 1.51. The van der Waals surface area contributed by atoms with Crippen molar-refractivity contribution in [2.75, 3.05) is 5.73 Å². The number of nitrogen functional groups attached to an aromatic ring is 1. The monoisotopic (exact) mass is 198 g/mol. The van der Waals surface area contributed by atoms with Crippen LogP contribution < -0.4 is 5.73 Å². The van der Waals surface area contributed by atoms with E-state index < -0.39 is 0 Å². The number of hydrogen-bond acceptors (Lipinski definition) is 3. The smallest absolute Gasteiger partial charge is 0.110 e. The highest BCUT2D eigenvalue weighted by atomic mass is 32.1. The van der Waals surface area contributed by atoms with Gasteiger partial charge in [0.1, 0.15) is 5.00 Å². The topological polar surface area (TPSA) is 38.9 Å². The molecule has 2 N–H and O–H groups in total. The minimum absolute atomic E-state index is 0.552. The van der Waals surface area contributed by atoms with Crippen LogP contribution in [0, 0.1) is 0 Å². The Morgan fingerprint density at radius 3 is 2.31 bits per heavy atom. The molecule has 1 rings (SSSR count). The molecule has 1 aromatic heterocycles. The van der Waals surface area contributed by atoms with Gasteiger partial charge in [0.15, 0.2) is 0 Å². The summed E-state index contributed by atoms with van der Waals surface area (Å²) >= 11 is 1.64. The van der Waals surface area contributed by atoms with Gasteiger partial charge in [-0.3, -0.25) is 0 Å². The standard InChI is InChI=1S/C10H18N2S/c1-4-7(5-2)9-10(11)13-8(6-3)12-9/h7H,4-6,11H2,1-3H3. The van der Waals surface area contributed by atoms with E-state index in [2.05, 4.69) is 25.8 Å². The molecule has 0 aliphatic heterocycles. The summed E-state index contributed by atoms with van der Waals surface area (Å²) < 4.78 is 0. The maximum Gasteiger partial charge on any atom is 0.110 e. The Hall–Kier alpha value is -0.570. The van der Waals surface area contributed by atoms with Crippen molar-refractivity contribution in [3.63, 3.8) is 0 Å². The van der Waals surface area contributed by atoms with Crippen LogP contribution in [0.3, 0.4) is 0 Å². The number of rotatable bonds is 4. The number of hydrogen-bond donors (Lipinski definition) is 1. The first-order valence-electron chi connectivity index (χ1n) is 4.97. The highest BCUT2D eigenvalue weighted by molar-refractivity contribution is 7.15. The van der Waals surface area contributed by atoms with Gasteiger partial charge >= 0.3 is 0 Å². The number of thiazole rings is 1. The van der Waals surface area contributed by atoms with E-state index in [1.54, 1.807) is 11.3 Å². The molecule has 0 bridgehead atoms. The van der Waals surface area contributed by atoms with Gasteiger partial charge in [-0.2, -0.15) is 0 Å². The van der Waals surface area contributed by atoms with Gasteiger partial charge in [-0.15, -0.1) is 11.3 Å². The van der Waals surface area contributed by atoms with Crippen LogP contribution in [-0.2, 0) is 6.42 Å². The van der Waals surface area contributed by atoms with Crippen molar-refractivity contribution in [3.8, 4) is 0 Å². The minimum atomic E-state index is 0.552. The summed E-state index contributed by atoms with van der Waals surface area (Å²) in [5, 5.41) is 2.09. The van der Waals surface area contributed by atoms with Crippen LogP contribution in [0.25, 0.3) is 0 Å². The third kappa shape index (κ3) is 2.21. The summed E-state index contributed by atoms with van der Waals surface area (Å²) in [7, 11) is 0. The Bertz CT molecular complexity index is 264. The molecule has 74 valence electrons. The van der Waals surface area contributed by atoms with Crippen LogP contribution in [0.2, 0.25) is 0 Å². The lowest BCUT2D eigenvalue weighted by Gasteiger charge is -2.09. The average molecular weight is 198 g/mol. The lowest BCUT2D eigenvalue weighted by atomic mass is 10.00. The van der Waals surface area contributed by atoms with E-state index >= 15 is 0 Å². The Morgan fingerprint density at radius 2 is 1.92 bits per heavy atom. The Labute approximate surface area is 84.2 Å². The Balaban J connectivity index is 2.91. The van der Waals surface area contributed by atoms with Gasteiger partial charge in [0.05, 0.1) is 10.7 Å². The molecular weight excluding hydrogens is 180 g/mol. The first-order chi connectivity index (χ1) is 6.22. The molecule has 0 aliphatic carbocycles. The van der Waals surface area contributed by atoms with Crippen LogP contribution >= 0.6 is 11.3 Å². The highest BCUT2D eigenvalue weighted by Crippen LogP contribution is 2.31. The fourth-order valence-corrected chi connectivity index (χ4v) is 2.37. The SMILES string of the molecule is CCc1nc(C(CC)CC)c(N)s1. The number of nitrogens with two attached hydrogens (primary N) is 1. The van der Waals surface area contributed by atoms with E-state index in [0.717, 1.165) is 30.0 Å². The highest BCUT2D eigenvalue weighted by Gasteiger charge is 2.15. The van der Waals surface area contributed by atoms with Crippen LogP contribution in [0.15, 0.2) is 0 Å². The van der Waals surface area contributed by atoms with Crippen molar-refractivity contribution < 1.29 is 0 Å². The second-order valence-corrected chi connectivity index (χ2v) is 4.34. The maximum atomic E-state index is 5.92. The molecule has 0 aliphatic rings. The molecule has 1 aromatic rings. The van der Waals surface area contributed by atoms with Crippen LogP contribution in [0.1, 0.15) is 50.2 Å². The van der Waals surface area contributed by atoms with Crippen molar-refractivity contribution in [1.82, 2.24) is 4.98 Å². The Morgan fingerprint density at radius 1 is 1.31 bits per heavy atom. The second kappa shape index (κ2) is 4.61. The molecule has 0 fully saturated rings. The minimum Gasteiger partial charge on any atom is -0.389 e. The first kappa shape index (κ1) is 10.5. The van der Waals surface area contributed by atoms with Crippen molar-refractivity contribution >= 4 is 16.3 Å². The van der Waals surface area contributed by atoms with Gasteiger partial charge in [0.25, 0.3) is 0 Å². The lowest BCUT2D eigenvalue weighted by Crippen LogP contribution is -1.99. The summed E-state index contributed by atoms with van der Waals surface area (Å²) in [4.78, 5) is 4.56. The Kier molecular flexibility index (Phi) is 3.72. The quantitative estimate of drug-likeness (QED) is 0.807. The number of nitrogens with zero attached hydrogens (tertiary/aromatic N) is 1. The molecule has 0 spiro atoms. The summed E-state index contributed by atoms with van der Waals surface area (Å²) in [6, 6.07) is 0. The molecule has 0 amide bonds. The van der Waals surface area contributed by atoms with Gasteiger partial charge in [0.2, 0.25) is 0 Å². The van der Waals surface area contributed by atoms with Gasteiger partial charge in [0, 0.05) is 5.92 Å².